The summed E-state index contributed by atoms with van der Waals surface area (Å²) in [6.07, 6.45) is 8.34. The fourth-order valence-electron chi connectivity index (χ4n) is 4.32. The monoisotopic (exact) mass is 346 g/mol. The lowest BCUT2D eigenvalue weighted by Gasteiger charge is -2.50. The molecular formula is C21H27ClO2. The lowest BCUT2D eigenvalue weighted by molar-refractivity contribution is -0.164. The van der Waals surface area contributed by atoms with Crippen LogP contribution >= 0.6 is 11.6 Å². The van der Waals surface area contributed by atoms with Gasteiger partial charge in [0.2, 0.25) is 0 Å². The molecule has 0 heterocycles. The van der Waals surface area contributed by atoms with Crippen molar-refractivity contribution in [1.29, 1.82) is 0 Å². The average Bonchev–Trinajstić information content (AvgIpc) is 2.64. The third kappa shape index (κ3) is 3.36. The second-order valence-electron chi connectivity index (χ2n) is 7.35. The first-order valence-electron chi connectivity index (χ1n) is 9.23. The van der Waals surface area contributed by atoms with Gasteiger partial charge in [-0.15, -0.1) is 11.6 Å². The molecule has 2 fully saturated rings. The fourth-order valence-corrected chi connectivity index (χ4v) is 4.75. The van der Waals surface area contributed by atoms with Crippen molar-refractivity contribution in [3.63, 3.8) is 0 Å². The van der Waals surface area contributed by atoms with Crippen molar-refractivity contribution in [2.24, 2.45) is 5.92 Å². The summed E-state index contributed by atoms with van der Waals surface area (Å²) in [5, 5.41) is 22.6. The molecule has 0 aliphatic heterocycles. The van der Waals surface area contributed by atoms with Gasteiger partial charge < -0.3 is 10.2 Å². The Morgan fingerprint density at radius 2 is 1.67 bits per heavy atom. The van der Waals surface area contributed by atoms with Crippen LogP contribution in [0, 0.1) is 17.8 Å². The van der Waals surface area contributed by atoms with Crippen LogP contribution in [0.25, 0.3) is 0 Å². The quantitative estimate of drug-likeness (QED) is 0.620. The van der Waals surface area contributed by atoms with E-state index in [1.165, 1.54) is 6.42 Å². The molecule has 2 N–H and O–H groups in total. The number of hydrogen-bond acceptors (Lipinski definition) is 2. The van der Waals surface area contributed by atoms with Crippen molar-refractivity contribution >= 4 is 11.6 Å². The Labute approximate surface area is 150 Å². The summed E-state index contributed by atoms with van der Waals surface area (Å²) < 4.78 is 0. The molecule has 2 aliphatic carbocycles. The Bertz CT molecular complexity index is 599. The normalized spacial score (nSPS) is 30.9. The number of alkyl halides is 1. The molecular weight excluding hydrogens is 320 g/mol. The number of aliphatic hydroxyl groups is 2. The van der Waals surface area contributed by atoms with E-state index in [4.69, 9.17) is 11.6 Å². The summed E-state index contributed by atoms with van der Waals surface area (Å²) in [5.41, 5.74) is -1.90. The molecule has 3 rings (SSSR count). The van der Waals surface area contributed by atoms with Crippen LogP contribution < -0.4 is 0 Å². The van der Waals surface area contributed by atoms with Crippen molar-refractivity contribution in [3.8, 4) is 11.8 Å². The zero-order valence-electron chi connectivity index (χ0n) is 14.2. The van der Waals surface area contributed by atoms with E-state index >= 15 is 0 Å². The Morgan fingerprint density at radius 1 is 1.00 bits per heavy atom. The van der Waals surface area contributed by atoms with Gasteiger partial charge in [-0.05, 0) is 37.8 Å². The molecule has 0 bridgehead atoms. The minimum absolute atomic E-state index is 0.00758. The van der Waals surface area contributed by atoms with Crippen LogP contribution in [-0.4, -0.2) is 26.8 Å². The number of hydrogen-bond donors (Lipinski definition) is 2. The third-order valence-corrected chi connectivity index (χ3v) is 6.39. The summed E-state index contributed by atoms with van der Waals surface area (Å²) in [5.74, 6) is 6.19. The van der Waals surface area contributed by atoms with Crippen molar-refractivity contribution in [2.75, 3.05) is 0 Å². The van der Waals surface area contributed by atoms with E-state index in [0.717, 1.165) is 50.5 Å². The molecule has 3 atom stereocenters. The SMILES string of the molecule is O[C@](C#Cc1ccccc1)(C1CCCCC1)[C@]1(O)CCCC[C@@H]1Cl. The molecule has 2 nitrogen and oxygen atoms in total. The Kier molecular flexibility index (Phi) is 5.55. The first-order chi connectivity index (χ1) is 11.6. The lowest BCUT2D eigenvalue weighted by Crippen LogP contribution is -2.64. The van der Waals surface area contributed by atoms with Gasteiger partial charge in [0, 0.05) is 11.5 Å². The zero-order chi connectivity index (χ0) is 17.0. The van der Waals surface area contributed by atoms with Crippen molar-refractivity contribution in [3.05, 3.63) is 35.9 Å². The fraction of sp³-hybridized carbons (Fsp3) is 0.619. The van der Waals surface area contributed by atoms with Crippen LogP contribution in [0.1, 0.15) is 63.4 Å². The highest BCUT2D eigenvalue weighted by atomic mass is 35.5. The summed E-state index contributed by atoms with van der Waals surface area (Å²) in [6.45, 7) is 0. The van der Waals surface area contributed by atoms with Gasteiger partial charge in [-0.3, -0.25) is 0 Å². The highest BCUT2D eigenvalue weighted by Crippen LogP contribution is 2.47. The van der Waals surface area contributed by atoms with Crippen molar-refractivity contribution in [1.82, 2.24) is 0 Å². The van der Waals surface area contributed by atoms with E-state index in [2.05, 4.69) is 11.8 Å². The second-order valence-corrected chi connectivity index (χ2v) is 7.88. The number of benzene rings is 1. The largest absolute Gasteiger partial charge is 0.384 e. The van der Waals surface area contributed by atoms with Crippen LogP contribution in [0.3, 0.4) is 0 Å². The van der Waals surface area contributed by atoms with Crippen LogP contribution in [0.4, 0.5) is 0 Å². The molecule has 0 spiro atoms. The van der Waals surface area contributed by atoms with Gasteiger partial charge in [0.25, 0.3) is 0 Å². The Morgan fingerprint density at radius 3 is 2.33 bits per heavy atom. The molecule has 0 aromatic heterocycles. The first kappa shape index (κ1) is 17.8. The van der Waals surface area contributed by atoms with Crippen molar-refractivity contribution in [2.45, 2.75) is 74.4 Å². The molecule has 0 amide bonds. The molecule has 0 radical (unpaired) electrons. The van der Waals surface area contributed by atoms with Crippen LogP contribution in [0.5, 0.6) is 0 Å². The van der Waals surface area contributed by atoms with Crippen LogP contribution in [0.2, 0.25) is 0 Å². The van der Waals surface area contributed by atoms with Crippen LogP contribution in [-0.2, 0) is 0 Å². The molecule has 1 aromatic rings. The van der Waals surface area contributed by atoms with Gasteiger partial charge in [-0.2, -0.15) is 0 Å². The summed E-state index contributed by atoms with van der Waals surface area (Å²) in [6, 6.07) is 9.67. The highest BCUT2D eigenvalue weighted by molar-refractivity contribution is 6.21. The number of rotatable bonds is 2. The van der Waals surface area contributed by atoms with Gasteiger partial charge in [-0.1, -0.05) is 62.1 Å². The van der Waals surface area contributed by atoms with Gasteiger partial charge >= 0.3 is 0 Å². The van der Waals surface area contributed by atoms with E-state index in [1.807, 2.05) is 30.3 Å². The van der Waals surface area contributed by atoms with E-state index in [-0.39, 0.29) is 5.92 Å². The molecule has 130 valence electrons. The molecule has 2 aliphatic rings. The zero-order valence-corrected chi connectivity index (χ0v) is 14.9. The summed E-state index contributed by atoms with van der Waals surface area (Å²) >= 11 is 6.53. The minimum Gasteiger partial charge on any atom is -0.384 e. The lowest BCUT2D eigenvalue weighted by atomic mass is 9.63. The molecule has 24 heavy (non-hydrogen) atoms. The third-order valence-electron chi connectivity index (χ3n) is 5.81. The summed E-state index contributed by atoms with van der Waals surface area (Å²) in [4.78, 5) is 0. The molecule has 2 saturated carbocycles. The highest BCUT2D eigenvalue weighted by Gasteiger charge is 2.57. The van der Waals surface area contributed by atoms with Gasteiger partial charge in [0.15, 0.2) is 5.60 Å². The average molecular weight is 347 g/mol. The first-order valence-corrected chi connectivity index (χ1v) is 9.67. The number of halogens is 1. The maximum Gasteiger partial charge on any atom is 0.158 e. The standard InChI is InChI=1S/C21H27ClO2/c22-19-13-7-8-15-21(19,24)20(23,18-11-5-2-6-12-18)16-14-17-9-3-1-4-10-17/h1,3-4,9-10,18-19,23-24H,2,5-8,11-13,15H2/t19-,20+,21-/m0/s1. The van der Waals surface area contributed by atoms with Crippen molar-refractivity contribution < 1.29 is 10.2 Å². The maximum absolute atomic E-state index is 11.6. The van der Waals surface area contributed by atoms with E-state index < -0.39 is 16.6 Å². The van der Waals surface area contributed by atoms with Gasteiger partial charge in [0.1, 0.15) is 5.60 Å². The molecule has 0 unspecified atom stereocenters. The Hall–Kier alpha value is -1.01. The second kappa shape index (κ2) is 7.48. The molecule has 0 saturated heterocycles. The summed E-state index contributed by atoms with van der Waals surface area (Å²) in [7, 11) is 0. The topological polar surface area (TPSA) is 40.5 Å². The van der Waals surface area contributed by atoms with Gasteiger partial charge in [-0.25, -0.2) is 0 Å². The molecule has 3 heteroatoms. The van der Waals surface area contributed by atoms with E-state index in [9.17, 15) is 10.2 Å². The Balaban J connectivity index is 1.99. The molecule has 1 aromatic carbocycles. The van der Waals surface area contributed by atoms with Crippen LogP contribution in [0.15, 0.2) is 30.3 Å². The predicted octanol–water partition coefficient (Wildman–Crippen LogP) is 4.26. The van der Waals surface area contributed by atoms with E-state index in [1.54, 1.807) is 0 Å². The predicted molar refractivity (Wildman–Crippen MR) is 97.9 cm³/mol. The maximum atomic E-state index is 11.6. The smallest absolute Gasteiger partial charge is 0.158 e. The van der Waals surface area contributed by atoms with Gasteiger partial charge in [0.05, 0.1) is 5.38 Å². The minimum atomic E-state index is -1.43. The van der Waals surface area contributed by atoms with E-state index in [0.29, 0.717) is 6.42 Å².